The molecule has 2 aliphatic rings. The second-order valence-electron chi connectivity index (χ2n) is 5.05. The number of ether oxygens (including phenoxy) is 1. The lowest BCUT2D eigenvalue weighted by Crippen LogP contribution is -2.48. The SMILES string of the molecule is CN1CC(C(=O)N2CCOC(CC(=O)O)C2)CC1=O. The minimum absolute atomic E-state index is 0.0197. The Morgan fingerprint density at radius 1 is 1.42 bits per heavy atom. The molecule has 0 spiro atoms. The maximum absolute atomic E-state index is 12.3. The zero-order valence-electron chi connectivity index (χ0n) is 10.9. The summed E-state index contributed by atoms with van der Waals surface area (Å²) in [5.41, 5.74) is 0. The van der Waals surface area contributed by atoms with E-state index in [9.17, 15) is 14.4 Å². The van der Waals surface area contributed by atoms with Gasteiger partial charge in [-0.2, -0.15) is 0 Å². The van der Waals surface area contributed by atoms with Gasteiger partial charge < -0.3 is 19.6 Å². The summed E-state index contributed by atoms with van der Waals surface area (Å²) in [5.74, 6) is -1.33. The third-order valence-corrected chi connectivity index (χ3v) is 3.54. The number of carbonyl (C=O) groups is 3. The van der Waals surface area contributed by atoms with Crippen molar-refractivity contribution < 1.29 is 24.2 Å². The first-order valence-corrected chi connectivity index (χ1v) is 6.33. The van der Waals surface area contributed by atoms with Gasteiger partial charge in [0, 0.05) is 33.1 Å². The summed E-state index contributed by atoms with van der Waals surface area (Å²) in [6.45, 7) is 1.54. The quantitative estimate of drug-likeness (QED) is 0.723. The Morgan fingerprint density at radius 3 is 2.74 bits per heavy atom. The van der Waals surface area contributed by atoms with Crippen molar-refractivity contribution in [1.82, 2.24) is 9.80 Å². The van der Waals surface area contributed by atoms with Crippen LogP contribution in [0, 0.1) is 5.92 Å². The van der Waals surface area contributed by atoms with Crippen LogP contribution in [0.15, 0.2) is 0 Å². The van der Waals surface area contributed by atoms with Gasteiger partial charge in [0.05, 0.1) is 25.0 Å². The highest BCUT2D eigenvalue weighted by Gasteiger charge is 2.36. The number of morpholine rings is 1. The molecule has 2 aliphatic heterocycles. The number of rotatable bonds is 3. The lowest BCUT2D eigenvalue weighted by atomic mass is 10.1. The normalized spacial score (nSPS) is 27.7. The molecule has 19 heavy (non-hydrogen) atoms. The van der Waals surface area contributed by atoms with Crippen molar-refractivity contribution in [3.63, 3.8) is 0 Å². The first-order valence-electron chi connectivity index (χ1n) is 6.33. The van der Waals surface area contributed by atoms with Gasteiger partial charge in [-0.1, -0.05) is 0 Å². The van der Waals surface area contributed by atoms with E-state index in [1.807, 2.05) is 0 Å². The molecular formula is C12H18N2O5. The Hall–Kier alpha value is -1.63. The molecule has 2 rings (SSSR count). The lowest BCUT2D eigenvalue weighted by Gasteiger charge is -2.33. The Morgan fingerprint density at radius 2 is 2.16 bits per heavy atom. The van der Waals surface area contributed by atoms with E-state index in [0.29, 0.717) is 26.2 Å². The predicted octanol–water partition coefficient (Wildman–Crippen LogP) is -0.833. The maximum atomic E-state index is 12.3. The highest BCUT2D eigenvalue weighted by atomic mass is 16.5. The van der Waals surface area contributed by atoms with Crippen LogP contribution in [-0.2, 0) is 19.1 Å². The summed E-state index contributed by atoms with van der Waals surface area (Å²) in [5, 5.41) is 8.74. The molecule has 0 aromatic heterocycles. The van der Waals surface area contributed by atoms with Crippen LogP contribution in [0.4, 0.5) is 0 Å². The molecule has 7 heteroatoms. The molecule has 0 aliphatic carbocycles. The van der Waals surface area contributed by atoms with Crippen molar-refractivity contribution >= 4 is 17.8 Å². The average Bonchev–Trinajstić information content (AvgIpc) is 2.68. The van der Waals surface area contributed by atoms with Crippen molar-refractivity contribution in [2.24, 2.45) is 5.92 Å². The van der Waals surface area contributed by atoms with Crippen LogP contribution in [0.1, 0.15) is 12.8 Å². The van der Waals surface area contributed by atoms with Crippen LogP contribution in [0.25, 0.3) is 0 Å². The van der Waals surface area contributed by atoms with Gasteiger partial charge in [-0.05, 0) is 0 Å². The number of hydrogen-bond donors (Lipinski definition) is 1. The Kier molecular flexibility index (Phi) is 4.04. The van der Waals surface area contributed by atoms with E-state index in [0.717, 1.165) is 0 Å². The molecule has 106 valence electrons. The van der Waals surface area contributed by atoms with Gasteiger partial charge in [0.15, 0.2) is 0 Å². The largest absolute Gasteiger partial charge is 0.481 e. The summed E-state index contributed by atoms with van der Waals surface area (Å²) in [6, 6.07) is 0. The number of aliphatic carboxylic acids is 1. The van der Waals surface area contributed by atoms with E-state index in [1.54, 1.807) is 16.8 Å². The van der Waals surface area contributed by atoms with Crippen LogP contribution >= 0.6 is 0 Å². The molecule has 2 fully saturated rings. The standard InChI is InChI=1S/C12H18N2O5/c1-13-6-8(4-10(13)15)12(18)14-2-3-19-9(7-14)5-11(16)17/h8-9H,2-7H2,1H3,(H,16,17). The Bertz CT molecular complexity index is 398. The third-order valence-electron chi connectivity index (χ3n) is 3.54. The van der Waals surface area contributed by atoms with Crippen LogP contribution in [0.3, 0.4) is 0 Å². The van der Waals surface area contributed by atoms with E-state index in [1.165, 1.54) is 0 Å². The molecule has 0 aromatic rings. The van der Waals surface area contributed by atoms with Gasteiger partial charge in [-0.15, -0.1) is 0 Å². The van der Waals surface area contributed by atoms with Crippen LogP contribution in [0.2, 0.25) is 0 Å². The van der Waals surface area contributed by atoms with Crippen molar-refractivity contribution in [2.45, 2.75) is 18.9 Å². The van der Waals surface area contributed by atoms with Gasteiger partial charge >= 0.3 is 5.97 Å². The van der Waals surface area contributed by atoms with Crippen LogP contribution in [0.5, 0.6) is 0 Å². The van der Waals surface area contributed by atoms with Crippen molar-refractivity contribution in [3.05, 3.63) is 0 Å². The van der Waals surface area contributed by atoms with Crippen molar-refractivity contribution in [1.29, 1.82) is 0 Å². The summed E-state index contributed by atoms with van der Waals surface area (Å²) in [4.78, 5) is 37.5. The Balaban J connectivity index is 1.92. The topological polar surface area (TPSA) is 87.2 Å². The minimum Gasteiger partial charge on any atom is -0.481 e. The first-order chi connectivity index (χ1) is 8.97. The highest BCUT2D eigenvalue weighted by Crippen LogP contribution is 2.20. The second kappa shape index (κ2) is 5.56. The summed E-state index contributed by atoms with van der Waals surface area (Å²) >= 11 is 0. The number of carboxylic acids is 1. The number of hydrogen-bond acceptors (Lipinski definition) is 4. The molecule has 0 saturated carbocycles. The highest BCUT2D eigenvalue weighted by molar-refractivity contribution is 5.89. The van der Waals surface area contributed by atoms with Gasteiger partial charge in [0.25, 0.3) is 0 Å². The first kappa shape index (κ1) is 13.8. The number of nitrogens with zero attached hydrogens (tertiary/aromatic N) is 2. The molecule has 0 aromatic carbocycles. The summed E-state index contributed by atoms with van der Waals surface area (Å²) in [7, 11) is 1.68. The van der Waals surface area contributed by atoms with Crippen LogP contribution < -0.4 is 0 Å². The fourth-order valence-corrected chi connectivity index (χ4v) is 2.52. The van der Waals surface area contributed by atoms with Crippen molar-refractivity contribution in [2.75, 3.05) is 33.3 Å². The van der Waals surface area contributed by atoms with Crippen molar-refractivity contribution in [3.8, 4) is 0 Å². The molecule has 2 atom stereocenters. The molecule has 0 radical (unpaired) electrons. The second-order valence-corrected chi connectivity index (χ2v) is 5.05. The van der Waals surface area contributed by atoms with Gasteiger partial charge in [0.1, 0.15) is 0 Å². The summed E-state index contributed by atoms with van der Waals surface area (Å²) < 4.78 is 5.32. The Labute approximate surface area is 111 Å². The van der Waals surface area contributed by atoms with Crippen LogP contribution in [-0.4, -0.2) is 72.1 Å². The molecule has 7 nitrogen and oxygen atoms in total. The van der Waals surface area contributed by atoms with E-state index in [-0.39, 0.29) is 30.6 Å². The lowest BCUT2D eigenvalue weighted by molar-refractivity contribution is -0.149. The van der Waals surface area contributed by atoms with E-state index in [2.05, 4.69) is 0 Å². The van der Waals surface area contributed by atoms with E-state index >= 15 is 0 Å². The van der Waals surface area contributed by atoms with E-state index < -0.39 is 12.1 Å². The zero-order chi connectivity index (χ0) is 14.0. The number of likely N-dealkylation sites (tertiary alicyclic amines) is 1. The number of carboxylic acid groups (broad SMARTS) is 1. The molecule has 2 amide bonds. The molecular weight excluding hydrogens is 252 g/mol. The molecule has 1 N–H and O–H groups in total. The molecule has 2 saturated heterocycles. The monoisotopic (exact) mass is 270 g/mol. The average molecular weight is 270 g/mol. The minimum atomic E-state index is -0.935. The molecule has 2 heterocycles. The third kappa shape index (κ3) is 3.23. The maximum Gasteiger partial charge on any atom is 0.306 e. The number of carbonyl (C=O) groups excluding carboxylic acids is 2. The van der Waals surface area contributed by atoms with Gasteiger partial charge in [-0.25, -0.2) is 0 Å². The van der Waals surface area contributed by atoms with Gasteiger partial charge in [0.2, 0.25) is 11.8 Å². The van der Waals surface area contributed by atoms with Gasteiger partial charge in [-0.3, -0.25) is 14.4 Å². The van der Waals surface area contributed by atoms with E-state index in [4.69, 9.17) is 9.84 Å². The molecule has 2 unspecified atom stereocenters. The fourth-order valence-electron chi connectivity index (χ4n) is 2.52. The predicted molar refractivity (Wildman–Crippen MR) is 64.3 cm³/mol. The number of amides is 2. The smallest absolute Gasteiger partial charge is 0.306 e. The zero-order valence-corrected chi connectivity index (χ0v) is 10.9. The fraction of sp³-hybridized carbons (Fsp3) is 0.750. The summed E-state index contributed by atoms with van der Waals surface area (Å²) in [6.07, 6.45) is -0.311. The molecule has 0 bridgehead atoms.